The van der Waals surface area contributed by atoms with E-state index in [0.29, 0.717) is 6.41 Å². The number of hydroxylamine groups is 2. The van der Waals surface area contributed by atoms with E-state index in [1.54, 1.807) is 22.7 Å². The molecule has 5 heteroatoms. The fraction of sp³-hybridized carbons (Fsp3) is 0.105. The summed E-state index contributed by atoms with van der Waals surface area (Å²) >= 11 is 3.24. The molecular formula is C19H15NO2S2. The Morgan fingerprint density at radius 1 is 0.917 bits per heavy atom. The normalized spacial score (nSPS) is 11.9. The Balaban J connectivity index is 2.05. The van der Waals surface area contributed by atoms with E-state index in [1.807, 2.05) is 54.1 Å². The van der Waals surface area contributed by atoms with Gasteiger partial charge in [0.2, 0.25) is 6.41 Å². The highest BCUT2D eigenvalue weighted by molar-refractivity contribution is 7.17. The van der Waals surface area contributed by atoms with Gasteiger partial charge >= 0.3 is 0 Å². The van der Waals surface area contributed by atoms with Crippen LogP contribution in [0.2, 0.25) is 0 Å². The molecule has 0 spiro atoms. The van der Waals surface area contributed by atoms with E-state index in [1.165, 1.54) is 0 Å². The Labute approximate surface area is 147 Å². The summed E-state index contributed by atoms with van der Waals surface area (Å²) in [5.41, 5.74) is 0.920. The van der Waals surface area contributed by atoms with Crippen LogP contribution in [-0.2, 0) is 10.3 Å². The highest BCUT2D eigenvalue weighted by Crippen LogP contribution is 2.44. The van der Waals surface area contributed by atoms with Gasteiger partial charge in [-0.1, -0.05) is 36.4 Å². The van der Waals surface area contributed by atoms with Crippen LogP contribution in [0.3, 0.4) is 0 Å². The Kier molecular flexibility index (Phi) is 3.64. The molecule has 1 amide bonds. The second-order valence-electron chi connectivity index (χ2n) is 5.81. The third-order valence-corrected chi connectivity index (χ3v) is 6.50. The van der Waals surface area contributed by atoms with Crippen LogP contribution < -0.4 is 0 Å². The second kappa shape index (κ2) is 5.70. The number of carbonyl (C=O) groups excluding carboxylic acids is 1. The van der Waals surface area contributed by atoms with Crippen molar-refractivity contribution in [3.63, 3.8) is 0 Å². The zero-order valence-corrected chi connectivity index (χ0v) is 14.6. The van der Waals surface area contributed by atoms with Crippen molar-refractivity contribution in [3.05, 3.63) is 70.4 Å². The minimum Gasteiger partial charge on any atom is -0.285 e. The van der Waals surface area contributed by atoms with Crippen LogP contribution in [0.15, 0.2) is 59.3 Å². The molecule has 2 aromatic heterocycles. The first-order chi connectivity index (χ1) is 11.7. The standard InChI is InChI=1S/C19H15NO2S2/c1-19(20(22)12-21,15-10-23-17-8-4-2-6-13(15)17)16-11-24-18-9-5-3-7-14(16)18/h2-12,22H,1H3. The Morgan fingerprint density at radius 3 is 1.83 bits per heavy atom. The number of hydrogen-bond acceptors (Lipinski definition) is 4. The van der Waals surface area contributed by atoms with Crippen molar-refractivity contribution in [3.8, 4) is 0 Å². The number of hydrogen-bond donors (Lipinski definition) is 1. The summed E-state index contributed by atoms with van der Waals surface area (Å²) in [6, 6.07) is 16.1. The fourth-order valence-corrected chi connectivity index (χ4v) is 5.33. The number of nitrogens with zero attached hydrogens (tertiary/aromatic N) is 1. The molecule has 0 radical (unpaired) electrons. The third kappa shape index (κ3) is 2.09. The average molecular weight is 353 g/mol. The molecule has 0 aliphatic heterocycles. The van der Waals surface area contributed by atoms with Gasteiger partial charge in [0, 0.05) is 20.5 Å². The van der Waals surface area contributed by atoms with Gasteiger partial charge in [-0.15, -0.1) is 22.7 Å². The van der Waals surface area contributed by atoms with Crippen molar-refractivity contribution in [1.29, 1.82) is 0 Å². The summed E-state index contributed by atoms with van der Waals surface area (Å²) < 4.78 is 2.27. The lowest BCUT2D eigenvalue weighted by atomic mass is 9.84. The fourth-order valence-electron chi connectivity index (χ4n) is 3.21. The van der Waals surface area contributed by atoms with Gasteiger partial charge in [0.05, 0.1) is 0 Å². The molecule has 0 bridgehead atoms. The van der Waals surface area contributed by atoms with Crippen LogP contribution in [0.5, 0.6) is 0 Å². The minimum absolute atomic E-state index is 0.485. The SMILES string of the molecule is CC(c1csc2ccccc12)(c1csc2ccccc12)N(O)C=O. The number of rotatable bonds is 4. The number of benzene rings is 2. The van der Waals surface area contributed by atoms with Crippen LogP contribution in [0, 0.1) is 0 Å². The predicted molar refractivity (Wildman–Crippen MR) is 99.8 cm³/mol. The van der Waals surface area contributed by atoms with Crippen LogP contribution in [0.4, 0.5) is 0 Å². The largest absolute Gasteiger partial charge is 0.285 e. The topological polar surface area (TPSA) is 40.5 Å². The summed E-state index contributed by atoms with van der Waals surface area (Å²) in [5.74, 6) is 0. The molecule has 3 nitrogen and oxygen atoms in total. The number of amides is 1. The number of carbonyl (C=O) groups is 1. The van der Waals surface area contributed by atoms with Crippen LogP contribution in [0.25, 0.3) is 20.2 Å². The van der Waals surface area contributed by atoms with Crippen molar-refractivity contribution < 1.29 is 10.0 Å². The number of fused-ring (bicyclic) bond motifs is 2. The summed E-state index contributed by atoms with van der Waals surface area (Å²) in [4.78, 5) is 11.5. The van der Waals surface area contributed by atoms with E-state index in [9.17, 15) is 10.0 Å². The number of thiophene rings is 2. The maximum Gasteiger partial charge on any atom is 0.234 e. The first kappa shape index (κ1) is 15.3. The van der Waals surface area contributed by atoms with E-state index in [2.05, 4.69) is 12.1 Å². The lowest BCUT2D eigenvalue weighted by Gasteiger charge is -2.34. The molecule has 1 N–H and O–H groups in total. The molecule has 0 atom stereocenters. The van der Waals surface area contributed by atoms with Gasteiger partial charge < -0.3 is 0 Å². The molecule has 2 heterocycles. The summed E-state index contributed by atoms with van der Waals surface area (Å²) in [6.07, 6.45) is 0.485. The Hall–Kier alpha value is -2.21. The zero-order valence-electron chi connectivity index (χ0n) is 13.0. The first-order valence-corrected chi connectivity index (χ1v) is 9.29. The predicted octanol–water partition coefficient (Wildman–Crippen LogP) is 5.23. The molecule has 0 saturated heterocycles. The summed E-state index contributed by atoms with van der Waals surface area (Å²) in [6.45, 7) is 1.89. The van der Waals surface area contributed by atoms with Gasteiger partial charge in [-0.05, 0) is 40.6 Å². The maximum atomic E-state index is 11.5. The van der Waals surface area contributed by atoms with Crippen LogP contribution in [-0.4, -0.2) is 16.7 Å². The molecule has 2 aromatic carbocycles. The molecule has 4 rings (SSSR count). The lowest BCUT2D eigenvalue weighted by molar-refractivity contribution is -0.171. The zero-order chi connectivity index (χ0) is 16.7. The Morgan fingerprint density at radius 2 is 1.38 bits per heavy atom. The van der Waals surface area contributed by atoms with Gasteiger partial charge in [0.25, 0.3) is 0 Å². The highest BCUT2D eigenvalue weighted by Gasteiger charge is 2.39. The third-order valence-electron chi connectivity index (χ3n) is 4.57. The van der Waals surface area contributed by atoms with Crippen molar-refractivity contribution >= 4 is 49.3 Å². The second-order valence-corrected chi connectivity index (χ2v) is 7.64. The van der Waals surface area contributed by atoms with Gasteiger partial charge in [-0.25, -0.2) is 5.06 Å². The molecule has 0 fully saturated rings. The maximum absolute atomic E-state index is 11.5. The van der Waals surface area contributed by atoms with Crippen molar-refractivity contribution in [2.24, 2.45) is 0 Å². The Bertz CT molecular complexity index is 960. The molecule has 0 unspecified atom stereocenters. The smallest absolute Gasteiger partial charge is 0.234 e. The molecule has 0 aliphatic carbocycles. The van der Waals surface area contributed by atoms with Gasteiger partial charge in [-0.3, -0.25) is 10.0 Å². The molecule has 0 aliphatic rings. The summed E-state index contributed by atoms with van der Waals surface area (Å²) in [7, 11) is 0. The van der Waals surface area contributed by atoms with E-state index < -0.39 is 5.54 Å². The van der Waals surface area contributed by atoms with Gasteiger partial charge in [-0.2, -0.15) is 0 Å². The average Bonchev–Trinajstić information content (AvgIpc) is 3.25. The van der Waals surface area contributed by atoms with Crippen molar-refractivity contribution in [2.75, 3.05) is 0 Å². The van der Waals surface area contributed by atoms with E-state index >= 15 is 0 Å². The van der Waals surface area contributed by atoms with Crippen molar-refractivity contribution in [2.45, 2.75) is 12.5 Å². The molecule has 0 saturated carbocycles. The van der Waals surface area contributed by atoms with Crippen molar-refractivity contribution in [1.82, 2.24) is 5.06 Å². The molecule has 120 valence electrons. The van der Waals surface area contributed by atoms with E-state index in [4.69, 9.17) is 0 Å². The van der Waals surface area contributed by atoms with E-state index in [0.717, 1.165) is 36.4 Å². The van der Waals surface area contributed by atoms with Gasteiger partial charge in [0.15, 0.2) is 0 Å². The van der Waals surface area contributed by atoms with E-state index in [-0.39, 0.29) is 0 Å². The summed E-state index contributed by atoms with van der Waals surface area (Å²) in [5, 5.41) is 17.5. The van der Waals surface area contributed by atoms with Crippen LogP contribution in [0.1, 0.15) is 18.1 Å². The molecule has 24 heavy (non-hydrogen) atoms. The minimum atomic E-state index is -0.943. The molecule has 4 aromatic rings. The quantitative estimate of drug-likeness (QED) is 0.310. The molecular weight excluding hydrogens is 338 g/mol. The highest BCUT2D eigenvalue weighted by atomic mass is 32.1. The monoisotopic (exact) mass is 353 g/mol. The lowest BCUT2D eigenvalue weighted by Crippen LogP contribution is -2.41. The van der Waals surface area contributed by atoms with Gasteiger partial charge in [0.1, 0.15) is 5.54 Å². The first-order valence-electron chi connectivity index (χ1n) is 7.53. The van der Waals surface area contributed by atoms with Crippen LogP contribution >= 0.6 is 22.7 Å².